The van der Waals surface area contributed by atoms with Crippen LogP contribution in [0.15, 0.2) is 12.3 Å². The molecule has 0 aliphatic heterocycles. The topological polar surface area (TPSA) is 33.1 Å². The van der Waals surface area contributed by atoms with Crippen LogP contribution in [-0.4, -0.2) is 10.1 Å². The van der Waals surface area contributed by atoms with E-state index in [9.17, 15) is 26.3 Å². The molecule has 2 nitrogen and oxygen atoms in total. The van der Waals surface area contributed by atoms with Gasteiger partial charge in [0.2, 0.25) is 5.82 Å². The second kappa shape index (κ2) is 5.12. The first-order valence-corrected chi connectivity index (χ1v) is 5.15. The summed E-state index contributed by atoms with van der Waals surface area (Å²) in [5, 5.41) is 8.69. The normalized spacial score (nSPS) is 10.9. The number of rotatable bonds is 2. The number of aliphatic hydroxyl groups is 1. The van der Waals surface area contributed by atoms with Crippen LogP contribution in [0.3, 0.4) is 0 Å². The molecule has 1 aromatic carbocycles. The Morgan fingerprint density at radius 3 is 1.80 bits per heavy atom. The maximum absolute atomic E-state index is 13.5. The molecule has 0 bridgehead atoms. The van der Waals surface area contributed by atoms with Gasteiger partial charge >= 0.3 is 0 Å². The highest BCUT2D eigenvalue weighted by atomic mass is 19.2. The van der Waals surface area contributed by atoms with Crippen molar-refractivity contribution in [3.8, 4) is 11.1 Å². The number of hydrogen-bond acceptors (Lipinski definition) is 2. The molecule has 0 radical (unpaired) electrons. The van der Waals surface area contributed by atoms with E-state index in [2.05, 4.69) is 4.98 Å². The zero-order chi connectivity index (χ0) is 15.0. The Kier molecular flexibility index (Phi) is 3.67. The van der Waals surface area contributed by atoms with Crippen LogP contribution in [0, 0.1) is 34.9 Å². The van der Waals surface area contributed by atoms with Gasteiger partial charge in [0.15, 0.2) is 23.3 Å². The average molecular weight is 293 g/mol. The van der Waals surface area contributed by atoms with E-state index in [1.165, 1.54) is 0 Å². The number of nitrogens with zero attached hydrogens (tertiary/aromatic N) is 1. The number of hydrogen-bond donors (Lipinski definition) is 1. The minimum atomic E-state index is -2.30. The van der Waals surface area contributed by atoms with E-state index in [4.69, 9.17) is 5.11 Å². The summed E-state index contributed by atoms with van der Waals surface area (Å²) in [4.78, 5) is 3.34. The minimum Gasteiger partial charge on any atom is -0.390 e. The van der Waals surface area contributed by atoms with Gasteiger partial charge in [-0.2, -0.15) is 0 Å². The molecule has 106 valence electrons. The Bertz CT molecular complexity index is 659. The Morgan fingerprint density at radius 1 is 0.850 bits per heavy atom. The summed E-state index contributed by atoms with van der Waals surface area (Å²) in [5.41, 5.74) is -2.33. The zero-order valence-corrected chi connectivity index (χ0v) is 9.52. The third-order valence-electron chi connectivity index (χ3n) is 2.57. The molecule has 0 spiro atoms. The van der Waals surface area contributed by atoms with Crippen molar-refractivity contribution in [1.82, 2.24) is 4.98 Å². The second-order valence-corrected chi connectivity index (χ2v) is 3.76. The van der Waals surface area contributed by atoms with Gasteiger partial charge in [-0.25, -0.2) is 26.3 Å². The van der Waals surface area contributed by atoms with Crippen molar-refractivity contribution in [2.45, 2.75) is 6.61 Å². The first kappa shape index (κ1) is 14.3. The largest absolute Gasteiger partial charge is 0.390 e. The van der Waals surface area contributed by atoms with Crippen LogP contribution in [0.25, 0.3) is 11.1 Å². The van der Waals surface area contributed by atoms with Crippen LogP contribution in [-0.2, 0) is 6.61 Å². The van der Waals surface area contributed by atoms with Gasteiger partial charge < -0.3 is 5.11 Å². The fourth-order valence-electron chi connectivity index (χ4n) is 1.58. The molecule has 1 aromatic heterocycles. The zero-order valence-electron chi connectivity index (χ0n) is 9.52. The van der Waals surface area contributed by atoms with Crippen molar-refractivity contribution in [3.05, 3.63) is 52.9 Å². The summed E-state index contributed by atoms with van der Waals surface area (Å²) in [6, 6.07) is 0.525. The SMILES string of the molecule is OCc1ncc(-c2c(F)c(F)c(F)c(F)c2F)cc1F. The highest BCUT2D eigenvalue weighted by Crippen LogP contribution is 2.31. The fourth-order valence-corrected chi connectivity index (χ4v) is 1.58. The standard InChI is InChI=1S/C12H5F6NO/c13-5-1-4(2-19-6(5)3-20)7-8(14)10(16)12(18)11(17)9(7)15/h1-2,20H,3H2. The Balaban J connectivity index is 2.73. The average Bonchev–Trinajstić information content (AvgIpc) is 2.43. The lowest BCUT2D eigenvalue weighted by Gasteiger charge is -2.09. The summed E-state index contributed by atoms with van der Waals surface area (Å²) in [6.45, 7) is -0.775. The van der Waals surface area contributed by atoms with E-state index < -0.39 is 58.3 Å². The third-order valence-corrected chi connectivity index (χ3v) is 2.57. The van der Waals surface area contributed by atoms with E-state index in [0.29, 0.717) is 12.3 Å². The predicted molar refractivity (Wildman–Crippen MR) is 55.3 cm³/mol. The number of aromatic nitrogens is 1. The molecule has 0 fully saturated rings. The van der Waals surface area contributed by atoms with E-state index in [-0.39, 0.29) is 0 Å². The monoisotopic (exact) mass is 293 g/mol. The van der Waals surface area contributed by atoms with Gasteiger partial charge in [0.05, 0.1) is 12.2 Å². The smallest absolute Gasteiger partial charge is 0.200 e. The summed E-state index contributed by atoms with van der Waals surface area (Å²) in [6.07, 6.45) is 0.701. The van der Waals surface area contributed by atoms with Gasteiger partial charge in [-0.05, 0) is 6.07 Å². The molecule has 2 aromatic rings. The van der Waals surface area contributed by atoms with Crippen molar-refractivity contribution in [2.24, 2.45) is 0 Å². The summed E-state index contributed by atoms with van der Waals surface area (Å²) < 4.78 is 79.2. The van der Waals surface area contributed by atoms with Crippen molar-refractivity contribution >= 4 is 0 Å². The molecule has 0 atom stereocenters. The molecule has 0 saturated heterocycles. The summed E-state index contributed by atoms with van der Waals surface area (Å²) in [5.74, 6) is -11.9. The number of pyridine rings is 1. The number of aliphatic hydroxyl groups excluding tert-OH is 1. The minimum absolute atomic E-state index is 0.419. The molecule has 0 unspecified atom stereocenters. The maximum Gasteiger partial charge on any atom is 0.200 e. The Hall–Kier alpha value is -2.09. The second-order valence-electron chi connectivity index (χ2n) is 3.76. The van der Waals surface area contributed by atoms with Gasteiger partial charge in [0, 0.05) is 11.8 Å². The molecule has 0 aliphatic carbocycles. The van der Waals surface area contributed by atoms with Crippen molar-refractivity contribution in [1.29, 1.82) is 0 Å². The molecule has 20 heavy (non-hydrogen) atoms. The first-order valence-electron chi connectivity index (χ1n) is 5.15. The van der Waals surface area contributed by atoms with Crippen LogP contribution in [0.2, 0.25) is 0 Å². The van der Waals surface area contributed by atoms with E-state index in [0.717, 1.165) is 0 Å². The molecule has 2 rings (SSSR count). The van der Waals surface area contributed by atoms with Gasteiger partial charge in [-0.1, -0.05) is 0 Å². The fraction of sp³-hybridized carbons (Fsp3) is 0.0833. The molecule has 8 heteroatoms. The van der Waals surface area contributed by atoms with Crippen LogP contribution in [0.5, 0.6) is 0 Å². The van der Waals surface area contributed by atoms with Crippen LogP contribution < -0.4 is 0 Å². The maximum atomic E-state index is 13.5. The lowest BCUT2D eigenvalue weighted by Crippen LogP contribution is -2.05. The van der Waals surface area contributed by atoms with E-state index in [1.54, 1.807) is 0 Å². The lowest BCUT2D eigenvalue weighted by atomic mass is 10.0. The molecule has 1 N–H and O–H groups in total. The highest BCUT2D eigenvalue weighted by molar-refractivity contribution is 5.64. The van der Waals surface area contributed by atoms with Gasteiger partial charge in [0.25, 0.3) is 0 Å². The van der Waals surface area contributed by atoms with Gasteiger partial charge in [0.1, 0.15) is 11.5 Å². The quantitative estimate of drug-likeness (QED) is 0.524. The van der Waals surface area contributed by atoms with Crippen molar-refractivity contribution < 1.29 is 31.4 Å². The van der Waals surface area contributed by atoms with Crippen LogP contribution >= 0.6 is 0 Å². The van der Waals surface area contributed by atoms with Crippen LogP contribution in [0.1, 0.15) is 5.69 Å². The Morgan fingerprint density at radius 2 is 1.35 bits per heavy atom. The van der Waals surface area contributed by atoms with Crippen LogP contribution in [0.4, 0.5) is 26.3 Å². The molecule has 0 saturated carbocycles. The van der Waals surface area contributed by atoms with Crippen molar-refractivity contribution in [2.75, 3.05) is 0 Å². The third kappa shape index (κ3) is 2.11. The first-order chi connectivity index (χ1) is 9.38. The van der Waals surface area contributed by atoms with Gasteiger partial charge in [-0.15, -0.1) is 0 Å². The molecular weight excluding hydrogens is 288 g/mol. The molecule has 1 heterocycles. The van der Waals surface area contributed by atoms with E-state index in [1.807, 2.05) is 0 Å². The highest BCUT2D eigenvalue weighted by Gasteiger charge is 2.27. The predicted octanol–water partition coefficient (Wildman–Crippen LogP) is 3.08. The number of benzene rings is 1. The summed E-state index contributed by atoms with van der Waals surface area (Å²) >= 11 is 0. The van der Waals surface area contributed by atoms with Gasteiger partial charge in [-0.3, -0.25) is 4.98 Å². The molecule has 0 aliphatic rings. The Labute approximate surface area is 108 Å². The lowest BCUT2D eigenvalue weighted by molar-refractivity contribution is 0.270. The number of halogens is 6. The van der Waals surface area contributed by atoms with E-state index >= 15 is 0 Å². The molecular formula is C12H5F6NO. The van der Waals surface area contributed by atoms with Crippen molar-refractivity contribution in [3.63, 3.8) is 0 Å². The molecule has 0 amide bonds. The summed E-state index contributed by atoms with van der Waals surface area (Å²) in [7, 11) is 0.